The zero-order valence-electron chi connectivity index (χ0n) is 22.5. The number of benzene rings is 2. The number of rotatable bonds is 13. The van der Waals surface area contributed by atoms with Crippen LogP contribution in [0.3, 0.4) is 0 Å². The minimum atomic E-state index is -3.52. The summed E-state index contributed by atoms with van der Waals surface area (Å²) in [5.74, 6) is -0.342. The second kappa shape index (κ2) is 13.4. The number of nitrogens with zero attached hydrogens (tertiary/aromatic N) is 2. The van der Waals surface area contributed by atoms with E-state index in [1.165, 1.54) is 10.6 Å². The molecular formula is C28H41N3O4S. The van der Waals surface area contributed by atoms with Crippen molar-refractivity contribution in [3.63, 3.8) is 0 Å². The van der Waals surface area contributed by atoms with Crippen molar-refractivity contribution in [2.24, 2.45) is 0 Å². The fourth-order valence-corrected chi connectivity index (χ4v) is 5.08. The minimum Gasteiger partial charge on any atom is -0.352 e. The molecule has 0 saturated heterocycles. The maximum Gasteiger partial charge on any atom is 0.242 e. The van der Waals surface area contributed by atoms with Gasteiger partial charge in [-0.2, -0.15) is 0 Å². The quantitative estimate of drug-likeness (QED) is 0.433. The first kappa shape index (κ1) is 29.4. The molecule has 198 valence electrons. The lowest BCUT2D eigenvalue weighted by atomic mass is 10.1. The van der Waals surface area contributed by atoms with Crippen LogP contribution >= 0.6 is 0 Å². The summed E-state index contributed by atoms with van der Waals surface area (Å²) in [6.07, 6.45) is 3.11. The van der Waals surface area contributed by atoms with Crippen molar-refractivity contribution in [2.45, 2.75) is 72.4 Å². The summed E-state index contributed by atoms with van der Waals surface area (Å²) in [6, 6.07) is 14.9. The number of carbonyl (C=O) groups excluding carboxylic acids is 2. The predicted octanol–water partition coefficient (Wildman–Crippen LogP) is 4.22. The third kappa shape index (κ3) is 8.97. The van der Waals surface area contributed by atoms with Crippen LogP contribution in [0.15, 0.2) is 48.5 Å². The molecule has 0 fully saturated rings. The van der Waals surface area contributed by atoms with Crippen molar-refractivity contribution < 1.29 is 18.0 Å². The number of anilines is 1. The average molecular weight is 516 g/mol. The molecule has 0 radical (unpaired) electrons. The molecular weight excluding hydrogens is 474 g/mol. The fraction of sp³-hybridized carbons (Fsp3) is 0.500. The molecule has 7 nitrogen and oxygen atoms in total. The van der Waals surface area contributed by atoms with Gasteiger partial charge in [-0.1, -0.05) is 43.3 Å². The lowest BCUT2D eigenvalue weighted by Crippen LogP contribution is -2.50. The van der Waals surface area contributed by atoms with Gasteiger partial charge in [-0.15, -0.1) is 0 Å². The Morgan fingerprint density at radius 2 is 1.58 bits per heavy atom. The van der Waals surface area contributed by atoms with Gasteiger partial charge in [-0.3, -0.25) is 13.9 Å². The summed E-state index contributed by atoms with van der Waals surface area (Å²) in [7, 11) is -3.52. The van der Waals surface area contributed by atoms with Crippen molar-refractivity contribution in [3.05, 3.63) is 65.2 Å². The Kier molecular flexibility index (Phi) is 11.0. The van der Waals surface area contributed by atoms with Gasteiger partial charge in [-0.25, -0.2) is 8.42 Å². The molecule has 0 saturated carbocycles. The molecule has 2 atom stereocenters. The zero-order valence-corrected chi connectivity index (χ0v) is 23.3. The summed E-state index contributed by atoms with van der Waals surface area (Å²) in [5.41, 5.74) is 3.64. The lowest BCUT2D eigenvalue weighted by molar-refractivity contribution is -0.140. The van der Waals surface area contributed by atoms with Crippen molar-refractivity contribution in [1.29, 1.82) is 0 Å². The molecule has 8 heteroatoms. The summed E-state index contributed by atoms with van der Waals surface area (Å²) in [5, 5.41) is 2.97. The smallest absolute Gasteiger partial charge is 0.242 e. The molecule has 36 heavy (non-hydrogen) atoms. The van der Waals surface area contributed by atoms with Crippen LogP contribution in [0, 0.1) is 13.8 Å². The molecule has 0 heterocycles. The molecule has 0 unspecified atom stereocenters. The molecule has 0 spiro atoms. The van der Waals surface area contributed by atoms with E-state index >= 15 is 0 Å². The number of amides is 2. The molecule has 0 aliphatic heterocycles. The molecule has 0 bridgehead atoms. The molecule has 2 aromatic rings. The summed E-state index contributed by atoms with van der Waals surface area (Å²) < 4.78 is 26.4. The molecule has 0 aromatic heterocycles. The summed E-state index contributed by atoms with van der Waals surface area (Å²) in [4.78, 5) is 27.8. The molecule has 0 aliphatic rings. The number of sulfonamides is 1. The molecule has 2 rings (SSSR count). The van der Waals surface area contributed by atoms with Gasteiger partial charge >= 0.3 is 0 Å². The van der Waals surface area contributed by atoms with E-state index in [1.54, 1.807) is 11.8 Å². The van der Waals surface area contributed by atoms with Gasteiger partial charge in [-0.05, 0) is 75.8 Å². The highest BCUT2D eigenvalue weighted by atomic mass is 32.2. The largest absolute Gasteiger partial charge is 0.352 e. The highest BCUT2D eigenvalue weighted by Gasteiger charge is 2.27. The van der Waals surface area contributed by atoms with Crippen LogP contribution in [0.4, 0.5) is 5.69 Å². The first-order valence-electron chi connectivity index (χ1n) is 12.6. The van der Waals surface area contributed by atoms with E-state index in [-0.39, 0.29) is 30.8 Å². The SMILES string of the molecule is CC[C@@H](C)NC(=O)[C@H](C)N(CCc1ccccc1)C(=O)CCCN(c1cc(C)cc(C)c1)S(C)(=O)=O. The van der Waals surface area contributed by atoms with Crippen molar-refractivity contribution in [3.8, 4) is 0 Å². The van der Waals surface area contributed by atoms with Crippen molar-refractivity contribution in [2.75, 3.05) is 23.7 Å². The first-order valence-corrected chi connectivity index (χ1v) is 14.5. The lowest BCUT2D eigenvalue weighted by Gasteiger charge is -2.30. The predicted molar refractivity (Wildman–Crippen MR) is 147 cm³/mol. The van der Waals surface area contributed by atoms with Gasteiger partial charge in [0.25, 0.3) is 0 Å². The molecule has 2 aromatic carbocycles. The van der Waals surface area contributed by atoms with Gasteiger partial charge in [0.1, 0.15) is 6.04 Å². The Morgan fingerprint density at radius 1 is 0.972 bits per heavy atom. The second-order valence-electron chi connectivity index (χ2n) is 9.60. The Labute approximate surface area is 216 Å². The van der Waals surface area contributed by atoms with Gasteiger partial charge in [0, 0.05) is 25.6 Å². The molecule has 2 amide bonds. The van der Waals surface area contributed by atoms with Crippen LogP contribution in [-0.4, -0.2) is 56.6 Å². The van der Waals surface area contributed by atoms with E-state index in [0.29, 0.717) is 25.1 Å². The highest BCUT2D eigenvalue weighted by molar-refractivity contribution is 7.92. The first-order chi connectivity index (χ1) is 16.9. The fourth-order valence-electron chi connectivity index (χ4n) is 4.13. The van der Waals surface area contributed by atoms with Crippen LogP contribution in [0.5, 0.6) is 0 Å². The van der Waals surface area contributed by atoms with Crippen LogP contribution in [0.2, 0.25) is 0 Å². The van der Waals surface area contributed by atoms with Gasteiger partial charge in [0.15, 0.2) is 0 Å². The van der Waals surface area contributed by atoms with Gasteiger partial charge < -0.3 is 10.2 Å². The average Bonchev–Trinajstić information content (AvgIpc) is 2.80. The van der Waals surface area contributed by atoms with E-state index < -0.39 is 16.1 Å². The van der Waals surface area contributed by atoms with Crippen LogP contribution < -0.4 is 9.62 Å². The second-order valence-corrected chi connectivity index (χ2v) is 11.5. The maximum absolute atomic E-state index is 13.3. The third-order valence-corrected chi connectivity index (χ3v) is 7.49. The Morgan fingerprint density at radius 3 is 2.14 bits per heavy atom. The number of hydrogen-bond acceptors (Lipinski definition) is 4. The number of hydrogen-bond donors (Lipinski definition) is 1. The third-order valence-electron chi connectivity index (χ3n) is 6.30. The van der Waals surface area contributed by atoms with Crippen LogP contribution in [-0.2, 0) is 26.0 Å². The molecule has 1 N–H and O–H groups in total. The Balaban J connectivity index is 2.14. The monoisotopic (exact) mass is 515 g/mol. The topological polar surface area (TPSA) is 86.8 Å². The Bertz CT molecular complexity index is 1100. The highest BCUT2D eigenvalue weighted by Crippen LogP contribution is 2.22. The van der Waals surface area contributed by atoms with Gasteiger partial charge in [0.2, 0.25) is 21.8 Å². The van der Waals surface area contributed by atoms with Crippen LogP contribution in [0.1, 0.15) is 56.7 Å². The number of nitrogens with one attached hydrogen (secondary N) is 1. The summed E-state index contributed by atoms with van der Waals surface area (Å²) >= 11 is 0. The Hall–Kier alpha value is -2.87. The summed E-state index contributed by atoms with van der Waals surface area (Å²) in [6.45, 7) is 10.1. The normalized spacial score (nSPS) is 13.1. The van der Waals surface area contributed by atoms with Gasteiger partial charge in [0.05, 0.1) is 11.9 Å². The van der Waals surface area contributed by atoms with Crippen molar-refractivity contribution >= 4 is 27.5 Å². The number of aryl methyl sites for hydroxylation is 2. The standard InChI is InChI=1S/C28H41N3O4S/c1-7-23(4)29-28(33)24(5)30(17-15-25-12-9-8-10-13-25)27(32)14-11-16-31(36(6,34)35)26-19-21(2)18-22(3)20-26/h8-10,12-13,18-20,23-24H,7,11,14-17H2,1-6H3,(H,29,33)/t23-,24+/m1/s1. The minimum absolute atomic E-state index is 0.0205. The van der Waals surface area contributed by atoms with E-state index in [2.05, 4.69) is 5.32 Å². The van der Waals surface area contributed by atoms with E-state index in [1.807, 2.05) is 76.2 Å². The van der Waals surface area contributed by atoms with E-state index in [0.717, 1.165) is 23.1 Å². The number of carbonyl (C=O) groups is 2. The maximum atomic E-state index is 13.3. The van der Waals surface area contributed by atoms with E-state index in [9.17, 15) is 18.0 Å². The zero-order chi connectivity index (χ0) is 26.9. The van der Waals surface area contributed by atoms with Crippen molar-refractivity contribution in [1.82, 2.24) is 10.2 Å². The molecule has 0 aliphatic carbocycles. The van der Waals surface area contributed by atoms with E-state index in [4.69, 9.17) is 0 Å². The van der Waals surface area contributed by atoms with Crippen LogP contribution in [0.25, 0.3) is 0 Å².